The number of anilines is 3. The minimum absolute atomic E-state index is 0.276. The Labute approximate surface area is 210 Å². The second-order valence-electron chi connectivity index (χ2n) is 9.00. The summed E-state index contributed by atoms with van der Waals surface area (Å²) >= 11 is 1.94. The third-order valence-electron chi connectivity index (χ3n) is 6.94. The Morgan fingerprint density at radius 2 is 1.26 bits per heavy atom. The van der Waals surface area contributed by atoms with Crippen molar-refractivity contribution in [1.29, 1.82) is 0 Å². The molecule has 1 N–H and O–H groups in total. The highest BCUT2D eigenvalue weighted by molar-refractivity contribution is 7.99. The van der Waals surface area contributed by atoms with Gasteiger partial charge in [0.2, 0.25) is 0 Å². The third-order valence-corrected chi connectivity index (χ3v) is 8.07. The van der Waals surface area contributed by atoms with E-state index < -0.39 is 0 Å². The third kappa shape index (κ3) is 3.43. The molecule has 2 aliphatic rings. The maximum atomic E-state index is 3.72. The Hall–Kier alpha value is -3.95. The molecule has 168 valence electrons. The van der Waals surface area contributed by atoms with E-state index in [1.165, 1.54) is 55.3 Å². The van der Waals surface area contributed by atoms with Crippen molar-refractivity contribution >= 4 is 28.8 Å². The van der Waals surface area contributed by atoms with Gasteiger partial charge in [-0.25, -0.2) is 0 Å². The number of hydrogen-bond acceptors (Lipinski definition) is 3. The summed E-state index contributed by atoms with van der Waals surface area (Å²) in [7, 11) is 0. The van der Waals surface area contributed by atoms with Gasteiger partial charge in [0.25, 0.3) is 0 Å². The van der Waals surface area contributed by atoms with Gasteiger partial charge < -0.3 is 10.2 Å². The van der Waals surface area contributed by atoms with Crippen LogP contribution < -0.4 is 10.2 Å². The van der Waals surface area contributed by atoms with E-state index in [-0.39, 0.29) is 6.17 Å². The van der Waals surface area contributed by atoms with Crippen LogP contribution in [0.2, 0.25) is 0 Å². The molecule has 0 bridgehead atoms. The van der Waals surface area contributed by atoms with Crippen molar-refractivity contribution in [3.63, 3.8) is 0 Å². The van der Waals surface area contributed by atoms with Crippen LogP contribution >= 0.6 is 11.8 Å². The zero-order chi connectivity index (χ0) is 23.2. The molecule has 2 aliphatic heterocycles. The molecule has 7 rings (SSSR count). The van der Waals surface area contributed by atoms with Crippen LogP contribution in [0.1, 0.15) is 0 Å². The lowest BCUT2D eigenvalue weighted by molar-refractivity contribution is 0.834. The molecule has 1 unspecified atom stereocenters. The van der Waals surface area contributed by atoms with Crippen molar-refractivity contribution in [1.82, 2.24) is 0 Å². The number of rotatable bonds is 3. The summed E-state index contributed by atoms with van der Waals surface area (Å²) in [5.74, 6) is 1.02. The van der Waals surface area contributed by atoms with E-state index in [1.807, 2.05) is 11.8 Å². The number of nitrogens with zero attached hydrogens (tertiary/aromatic N) is 1. The number of benzene rings is 5. The highest BCUT2D eigenvalue weighted by atomic mass is 32.2. The van der Waals surface area contributed by atoms with Crippen molar-refractivity contribution < 1.29 is 0 Å². The predicted octanol–water partition coefficient (Wildman–Crippen LogP) is 8.68. The van der Waals surface area contributed by atoms with Crippen LogP contribution in [-0.2, 0) is 0 Å². The average molecular weight is 469 g/mol. The molecule has 0 saturated carbocycles. The van der Waals surface area contributed by atoms with Gasteiger partial charge in [-0.05, 0) is 57.6 Å². The summed E-state index contributed by atoms with van der Waals surface area (Å²) in [5, 5.41) is 3.72. The molecule has 0 aliphatic carbocycles. The summed E-state index contributed by atoms with van der Waals surface area (Å²) in [6, 6.07) is 43.8. The van der Waals surface area contributed by atoms with E-state index in [4.69, 9.17) is 0 Å². The minimum atomic E-state index is 0.276. The van der Waals surface area contributed by atoms with Crippen LogP contribution in [0.5, 0.6) is 0 Å². The first-order valence-corrected chi connectivity index (χ1v) is 13.0. The van der Waals surface area contributed by atoms with Crippen molar-refractivity contribution in [2.24, 2.45) is 0 Å². The molecule has 0 radical (unpaired) electrons. The van der Waals surface area contributed by atoms with E-state index in [0.717, 1.165) is 5.75 Å². The lowest BCUT2D eigenvalue weighted by Gasteiger charge is -2.33. The molecule has 0 saturated heterocycles. The van der Waals surface area contributed by atoms with Gasteiger partial charge in [0.15, 0.2) is 0 Å². The van der Waals surface area contributed by atoms with Gasteiger partial charge in [0, 0.05) is 10.6 Å². The Morgan fingerprint density at radius 3 is 1.97 bits per heavy atom. The lowest BCUT2D eigenvalue weighted by atomic mass is 9.87. The Balaban J connectivity index is 1.46. The molecule has 2 heterocycles. The maximum Gasteiger partial charge on any atom is 0.113 e. The van der Waals surface area contributed by atoms with Crippen molar-refractivity contribution in [2.75, 3.05) is 16.0 Å². The Morgan fingerprint density at radius 1 is 0.600 bits per heavy atom. The van der Waals surface area contributed by atoms with Crippen LogP contribution in [0, 0.1) is 0 Å². The van der Waals surface area contributed by atoms with Crippen LogP contribution in [0.4, 0.5) is 17.1 Å². The maximum absolute atomic E-state index is 3.72. The van der Waals surface area contributed by atoms with Gasteiger partial charge in [0.1, 0.15) is 6.17 Å². The Bertz CT molecular complexity index is 1470. The van der Waals surface area contributed by atoms with Crippen molar-refractivity contribution in [3.05, 3.63) is 121 Å². The fourth-order valence-corrected chi connectivity index (χ4v) is 6.40. The quantitative estimate of drug-likeness (QED) is 0.285. The molecular weight excluding hydrogens is 444 g/mol. The van der Waals surface area contributed by atoms with E-state index in [0.29, 0.717) is 0 Å². The summed E-state index contributed by atoms with van der Waals surface area (Å²) in [5.41, 5.74) is 11.3. The summed E-state index contributed by atoms with van der Waals surface area (Å²) in [4.78, 5) is 3.82. The molecule has 2 nitrogen and oxygen atoms in total. The van der Waals surface area contributed by atoms with E-state index in [2.05, 4.69) is 132 Å². The fraction of sp³-hybridized carbons (Fsp3) is 0.0625. The first kappa shape index (κ1) is 20.4. The standard InChI is InChI=1S/C32H24N2S/c1-3-10-22(11-4-1)25-14-9-15-26(23-12-5-2-6-13-23)32(25)24-18-19-30-29(20-24)34-28-17-8-7-16-27(28)33-31(34)21-35-30/h1-20,31,33H,21H2. The molecule has 0 amide bonds. The lowest BCUT2D eigenvalue weighted by Crippen LogP contribution is -2.36. The normalized spacial score (nSPS) is 15.7. The molecule has 3 heteroatoms. The second kappa shape index (κ2) is 8.37. The summed E-state index contributed by atoms with van der Waals surface area (Å²) in [6.45, 7) is 0. The predicted molar refractivity (Wildman–Crippen MR) is 149 cm³/mol. The van der Waals surface area contributed by atoms with Crippen LogP contribution in [0.3, 0.4) is 0 Å². The molecule has 35 heavy (non-hydrogen) atoms. The molecule has 0 aromatic heterocycles. The highest BCUT2D eigenvalue weighted by Gasteiger charge is 2.34. The fourth-order valence-electron chi connectivity index (χ4n) is 5.36. The Kier molecular flexibility index (Phi) is 4.88. The second-order valence-corrected chi connectivity index (χ2v) is 10.1. The van der Waals surface area contributed by atoms with E-state index >= 15 is 0 Å². The highest BCUT2D eigenvalue weighted by Crippen LogP contribution is 2.50. The molecule has 5 aromatic carbocycles. The van der Waals surface area contributed by atoms with E-state index in [9.17, 15) is 0 Å². The minimum Gasteiger partial charge on any atom is -0.363 e. The molecule has 0 fully saturated rings. The van der Waals surface area contributed by atoms with Gasteiger partial charge >= 0.3 is 0 Å². The van der Waals surface area contributed by atoms with Gasteiger partial charge in [0.05, 0.1) is 17.1 Å². The molecule has 1 atom stereocenters. The molecule has 5 aromatic rings. The van der Waals surface area contributed by atoms with Crippen LogP contribution in [0.25, 0.3) is 33.4 Å². The number of para-hydroxylation sites is 2. The van der Waals surface area contributed by atoms with Crippen molar-refractivity contribution in [2.45, 2.75) is 11.1 Å². The SMILES string of the molecule is c1ccc(-c2cccc(-c3ccccc3)c2-c2ccc3c(c2)N2c4ccccc4NC2CS3)cc1. The summed E-state index contributed by atoms with van der Waals surface area (Å²) < 4.78 is 0. The van der Waals surface area contributed by atoms with Crippen LogP contribution in [-0.4, -0.2) is 11.9 Å². The van der Waals surface area contributed by atoms with Gasteiger partial charge in [-0.2, -0.15) is 0 Å². The average Bonchev–Trinajstić information content (AvgIpc) is 3.33. The van der Waals surface area contributed by atoms with Gasteiger partial charge in [-0.15, -0.1) is 11.8 Å². The smallest absolute Gasteiger partial charge is 0.113 e. The number of thioether (sulfide) groups is 1. The topological polar surface area (TPSA) is 15.3 Å². The zero-order valence-electron chi connectivity index (χ0n) is 19.2. The van der Waals surface area contributed by atoms with E-state index in [1.54, 1.807) is 0 Å². The number of hydrogen-bond donors (Lipinski definition) is 1. The first-order chi connectivity index (χ1) is 17.4. The molecule has 0 spiro atoms. The molecular formula is C32H24N2S. The monoisotopic (exact) mass is 468 g/mol. The zero-order valence-corrected chi connectivity index (χ0v) is 20.0. The number of nitrogens with one attached hydrogen (secondary N) is 1. The van der Waals surface area contributed by atoms with Gasteiger partial charge in [-0.3, -0.25) is 0 Å². The number of fused-ring (bicyclic) bond motifs is 5. The van der Waals surface area contributed by atoms with Gasteiger partial charge in [-0.1, -0.05) is 97.1 Å². The van der Waals surface area contributed by atoms with Crippen molar-refractivity contribution in [3.8, 4) is 33.4 Å². The largest absolute Gasteiger partial charge is 0.363 e. The summed E-state index contributed by atoms with van der Waals surface area (Å²) in [6.07, 6.45) is 0.276. The van der Waals surface area contributed by atoms with Crippen LogP contribution in [0.15, 0.2) is 126 Å². The first-order valence-electron chi connectivity index (χ1n) is 12.0.